The molecule has 0 aromatic heterocycles. The second kappa shape index (κ2) is 6.89. The van der Waals surface area contributed by atoms with Crippen LogP contribution in [0.2, 0.25) is 0 Å². The van der Waals surface area contributed by atoms with E-state index in [1.54, 1.807) is 4.90 Å². The summed E-state index contributed by atoms with van der Waals surface area (Å²) in [5, 5.41) is 8.83. The maximum Gasteiger partial charge on any atom is 0.323 e. The first kappa shape index (κ1) is 14.3. The molecule has 0 spiro atoms. The molecule has 108 valence electrons. The monoisotopic (exact) mass is 269 g/mol. The highest BCUT2D eigenvalue weighted by atomic mass is 16.5. The van der Waals surface area contributed by atoms with Gasteiger partial charge in [-0.1, -0.05) is 0 Å². The van der Waals surface area contributed by atoms with E-state index in [1.807, 2.05) is 0 Å². The molecule has 2 rings (SSSR count). The summed E-state index contributed by atoms with van der Waals surface area (Å²) in [5.74, 6) is -0.225. The van der Waals surface area contributed by atoms with Crippen LogP contribution in [0.1, 0.15) is 44.9 Å². The molecular weight excluding hydrogens is 246 g/mol. The zero-order chi connectivity index (χ0) is 13.7. The van der Waals surface area contributed by atoms with Gasteiger partial charge in [-0.25, -0.2) is 0 Å². The Bertz CT molecular complexity index is 321. The fourth-order valence-electron chi connectivity index (χ4n) is 2.67. The lowest BCUT2D eigenvalue weighted by Crippen LogP contribution is -2.37. The van der Waals surface area contributed by atoms with Crippen LogP contribution in [0.3, 0.4) is 0 Å². The Balaban J connectivity index is 1.68. The van der Waals surface area contributed by atoms with Crippen LogP contribution in [0, 0.1) is 5.92 Å². The van der Waals surface area contributed by atoms with Crippen LogP contribution in [0.5, 0.6) is 0 Å². The molecule has 0 aromatic rings. The van der Waals surface area contributed by atoms with E-state index in [0.29, 0.717) is 12.3 Å². The Labute approximate surface area is 113 Å². The first-order valence-electron chi connectivity index (χ1n) is 7.26. The summed E-state index contributed by atoms with van der Waals surface area (Å²) in [6, 6.07) is 0.187. The number of rotatable bonds is 7. The van der Waals surface area contributed by atoms with Crippen molar-refractivity contribution in [1.29, 1.82) is 0 Å². The molecule has 0 radical (unpaired) electrons. The van der Waals surface area contributed by atoms with Gasteiger partial charge in [-0.15, -0.1) is 0 Å². The van der Waals surface area contributed by atoms with Crippen LogP contribution in [0.4, 0.5) is 0 Å². The molecule has 2 aliphatic rings. The second-order valence-corrected chi connectivity index (χ2v) is 5.59. The average molecular weight is 269 g/mol. The molecule has 0 unspecified atom stereocenters. The van der Waals surface area contributed by atoms with Crippen molar-refractivity contribution < 1.29 is 19.4 Å². The van der Waals surface area contributed by atoms with E-state index < -0.39 is 5.97 Å². The van der Waals surface area contributed by atoms with Gasteiger partial charge in [-0.05, 0) is 44.4 Å². The minimum absolute atomic E-state index is 0.0111. The number of carboxylic acids is 1. The summed E-state index contributed by atoms with van der Waals surface area (Å²) >= 11 is 0. The largest absolute Gasteiger partial charge is 0.480 e. The molecule has 1 heterocycles. The molecule has 19 heavy (non-hydrogen) atoms. The number of hydrogen-bond donors (Lipinski definition) is 1. The smallest absolute Gasteiger partial charge is 0.323 e. The van der Waals surface area contributed by atoms with Crippen molar-refractivity contribution in [2.24, 2.45) is 5.92 Å². The van der Waals surface area contributed by atoms with E-state index in [0.717, 1.165) is 51.7 Å². The van der Waals surface area contributed by atoms with Crippen LogP contribution in [0.25, 0.3) is 0 Å². The van der Waals surface area contributed by atoms with Gasteiger partial charge in [-0.2, -0.15) is 0 Å². The van der Waals surface area contributed by atoms with Crippen molar-refractivity contribution in [3.63, 3.8) is 0 Å². The number of carbonyl (C=O) groups excluding carboxylic acids is 1. The zero-order valence-electron chi connectivity index (χ0n) is 11.3. The SMILES string of the molecule is O=C(O)CN(C(=O)CCCC1CCOCC1)C1CC1. The summed E-state index contributed by atoms with van der Waals surface area (Å²) in [6.07, 6.45) is 6.51. The fourth-order valence-corrected chi connectivity index (χ4v) is 2.67. The summed E-state index contributed by atoms with van der Waals surface area (Å²) in [4.78, 5) is 24.3. The van der Waals surface area contributed by atoms with E-state index in [2.05, 4.69) is 0 Å². The van der Waals surface area contributed by atoms with Gasteiger partial charge in [0.25, 0.3) is 0 Å². The Kier molecular flexibility index (Phi) is 5.19. The third-order valence-corrected chi connectivity index (χ3v) is 3.96. The van der Waals surface area contributed by atoms with E-state index in [9.17, 15) is 9.59 Å². The topological polar surface area (TPSA) is 66.8 Å². The number of nitrogens with zero attached hydrogens (tertiary/aromatic N) is 1. The number of carboxylic acid groups (broad SMARTS) is 1. The van der Waals surface area contributed by atoms with Gasteiger partial charge in [0, 0.05) is 25.7 Å². The lowest BCUT2D eigenvalue weighted by molar-refractivity contribution is -0.145. The van der Waals surface area contributed by atoms with Crippen molar-refractivity contribution in [2.75, 3.05) is 19.8 Å². The predicted molar refractivity (Wildman–Crippen MR) is 69.8 cm³/mol. The number of aliphatic carboxylic acids is 1. The molecule has 0 aromatic carbocycles. The van der Waals surface area contributed by atoms with Crippen molar-refractivity contribution >= 4 is 11.9 Å². The molecule has 0 bridgehead atoms. The molecule has 5 nitrogen and oxygen atoms in total. The highest BCUT2D eigenvalue weighted by Crippen LogP contribution is 2.28. The van der Waals surface area contributed by atoms with Gasteiger partial charge < -0.3 is 14.7 Å². The molecule has 2 fully saturated rings. The minimum Gasteiger partial charge on any atom is -0.480 e. The molecule has 5 heteroatoms. The Morgan fingerprint density at radius 3 is 2.42 bits per heavy atom. The molecule has 1 aliphatic heterocycles. The first-order chi connectivity index (χ1) is 9.16. The third kappa shape index (κ3) is 4.82. The third-order valence-electron chi connectivity index (χ3n) is 3.96. The normalized spacial score (nSPS) is 20.2. The van der Waals surface area contributed by atoms with Crippen molar-refractivity contribution in [1.82, 2.24) is 4.90 Å². The summed E-state index contributed by atoms with van der Waals surface area (Å²) < 4.78 is 5.31. The van der Waals surface area contributed by atoms with Crippen molar-refractivity contribution in [3.05, 3.63) is 0 Å². The van der Waals surface area contributed by atoms with E-state index in [4.69, 9.17) is 9.84 Å². The molecule has 0 atom stereocenters. The number of ether oxygens (including phenoxy) is 1. The van der Waals surface area contributed by atoms with E-state index in [-0.39, 0.29) is 18.5 Å². The van der Waals surface area contributed by atoms with E-state index in [1.165, 1.54) is 0 Å². The molecular formula is C14H23NO4. The van der Waals surface area contributed by atoms with Gasteiger partial charge in [0.05, 0.1) is 0 Å². The van der Waals surface area contributed by atoms with Gasteiger partial charge in [0.2, 0.25) is 5.91 Å². The Morgan fingerprint density at radius 1 is 1.16 bits per heavy atom. The summed E-state index contributed by atoms with van der Waals surface area (Å²) in [6.45, 7) is 1.54. The lowest BCUT2D eigenvalue weighted by Gasteiger charge is -2.23. The van der Waals surface area contributed by atoms with Crippen LogP contribution in [-0.2, 0) is 14.3 Å². The average Bonchev–Trinajstić information content (AvgIpc) is 3.21. The highest BCUT2D eigenvalue weighted by Gasteiger charge is 2.33. The van der Waals surface area contributed by atoms with Gasteiger partial charge in [0.1, 0.15) is 6.54 Å². The maximum absolute atomic E-state index is 12.0. The van der Waals surface area contributed by atoms with Crippen LogP contribution in [-0.4, -0.2) is 47.7 Å². The Morgan fingerprint density at radius 2 is 1.84 bits per heavy atom. The lowest BCUT2D eigenvalue weighted by atomic mass is 9.94. The summed E-state index contributed by atoms with van der Waals surface area (Å²) in [7, 11) is 0. The Hall–Kier alpha value is -1.10. The molecule has 1 saturated carbocycles. The van der Waals surface area contributed by atoms with Crippen LogP contribution < -0.4 is 0 Å². The summed E-state index contributed by atoms with van der Waals surface area (Å²) in [5.41, 5.74) is 0. The van der Waals surface area contributed by atoms with Gasteiger partial charge >= 0.3 is 5.97 Å². The van der Waals surface area contributed by atoms with Crippen LogP contribution >= 0.6 is 0 Å². The minimum atomic E-state index is -0.912. The molecule has 1 saturated heterocycles. The quantitative estimate of drug-likeness (QED) is 0.763. The van der Waals surface area contributed by atoms with Gasteiger partial charge in [0.15, 0.2) is 0 Å². The molecule has 1 N–H and O–H groups in total. The zero-order valence-corrected chi connectivity index (χ0v) is 11.3. The standard InChI is InChI=1S/C14H23NO4/c16-13(15(10-14(17)18)12-4-5-12)3-1-2-11-6-8-19-9-7-11/h11-12H,1-10H2,(H,17,18). The number of hydrogen-bond acceptors (Lipinski definition) is 3. The van der Waals surface area contributed by atoms with E-state index >= 15 is 0 Å². The number of carbonyl (C=O) groups is 2. The first-order valence-corrected chi connectivity index (χ1v) is 7.26. The maximum atomic E-state index is 12.0. The van der Waals surface area contributed by atoms with Gasteiger partial charge in [-0.3, -0.25) is 9.59 Å². The number of amides is 1. The molecule has 1 aliphatic carbocycles. The molecule has 1 amide bonds. The predicted octanol–water partition coefficient (Wildman–Crippen LogP) is 1.66. The van der Waals surface area contributed by atoms with Crippen molar-refractivity contribution in [3.8, 4) is 0 Å². The second-order valence-electron chi connectivity index (χ2n) is 5.59. The fraction of sp³-hybridized carbons (Fsp3) is 0.857. The van der Waals surface area contributed by atoms with Crippen LogP contribution in [0.15, 0.2) is 0 Å². The highest BCUT2D eigenvalue weighted by molar-refractivity contribution is 5.81. The van der Waals surface area contributed by atoms with Crippen molar-refractivity contribution in [2.45, 2.75) is 51.0 Å².